The maximum Gasteiger partial charge on any atom is 0.351 e. The number of rotatable bonds is 9. The molecule has 1 aromatic heterocycles. The molecule has 0 N–H and O–H groups in total. The molecule has 1 aromatic rings. The zero-order valence-corrected chi connectivity index (χ0v) is 12.4. The molecule has 0 radical (unpaired) electrons. The van der Waals surface area contributed by atoms with Gasteiger partial charge in [0.15, 0.2) is 10.0 Å². The maximum absolute atomic E-state index is 11.3. The van der Waals surface area contributed by atoms with Crippen LogP contribution in [0.1, 0.15) is 16.1 Å². The van der Waals surface area contributed by atoms with E-state index in [0.717, 1.165) is 11.3 Å². The SMILES string of the molecule is COCCOCCCOc1nc(Cl)c(C(=O)OC)s1. The highest BCUT2D eigenvalue weighted by Crippen LogP contribution is 2.29. The molecule has 0 saturated heterocycles. The quantitative estimate of drug-likeness (QED) is 0.513. The van der Waals surface area contributed by atoms with E-state index in [9.17, 15) is 4.79 Å². The van der Waals surface area contributed by atoms with Gasteiger partial charge in [0.2, 0.25) is 0 Å². The minimum atomic E-state index is -0.514. The molecule has 1 rings (SSSR count). The van der Waals surface area contributed by atoms with Gasteiger partial charge in [-0.05, 0) is 0 Å². The highest BCUT2D eigenvalue weighted by Gasteiger charge is 2.17. The maximum atomic E-state index is 11.3. The fraction of sp³-hybridized carbons (Fsp3) is 0.636. The molecule has 8 heteroatoms. The number of aromatic nitrogens is 1. The number of thiazole rings is 1. The van der Waals surface area contributed by atoms with Crippen LogP contribution in [0.5, 0.6) is 5.19 Å². The molecule has 0 aliphatic carbocycles. The Morgan fingerprint density at radius 3 is 2.74 bits per heavy atom. The molecule has 0 atom stereocenters. The molecule has 0 aromatic carbocycles. The zero-order chi connectivity index (χ0) is 14.1. The molecule has 0 aliphatic heterocycles. The minimum Gasteiger partial charge on any atom is -0.470 e. The van der Waals surface area contributed by atoms with Crippen molar-refractivity contribution in [2.45, 2.75) is 6.42 Å². The minimum absolute atomic E-state index is 0.100. The molecular formula is C11H16ClNO5S. The van der Waals surface area contributed by atoms with Crippen LogP contribution in [0, 0.1) is 0 Å². The lowest BCUT2D eigenvalue weighted by molar-refractivity contribution is 0.0606. The molecule has 0 fully saturated rings. The summed E-state index contributed by atoms with van der Waals surface area (Å²) >= 11 is 6.86. The molecule has 0 amide bonds. The van der Waals surface area contributed by atoms with Crippen molar-refractivity contribution in [2.75, 3.05) is 40.6 Å². The molecule has 108 valence electrons. The molecule has 0 saturated carbocycles. The van der Waals surface area contributed by atoms with Gasteiger partial charge >= 0.3 is 5.97 Å². The fourth-order valence-corrected chi connectivity index (χ4v) is 2.20. The van der Waals surface area contributed by atoms with Crippen LogP contribution in [0.25, 0.3) is 0 Å². The molecule has 0 aliphatic rings. The van der Waals surface area contributed by atoms with Gasteiger partial charge in [-0.2, -0.15) is 4.98 Å². The number of carbonyl (C=O) groups excluding carboxylic acids is 1. The lowest BCUT2D eigenvalue weighted by Gasteiger charge is -2.03. The van der Waals surface area contributed by atoms with Gasteiger partial charge < -0.3 is 18.9 Å². The summed E-state index contributed by atoms with van der Waals surface area (Å²) in [6, 6.07) is 0. The summed E-state index contributed by atoms with van der Waals surface area (Å²) in [6.45, 7) is 2.15. The summed E-state index contributed by atoms with van der Waals surface area (Å²) in [7, 11) is 2.91. The first-order valence-corrected chi connectivity index (χ1v) is 6.82. The van der Waals surface area contributed by atoms with E-state index in [4.69, 9.17) is 25.8 Å². The monoisotopic (exact) mass is 309 g/mol. The van der Waals surface area contributed by atoms with Gasteiger partial charge in [-0.25, -0.2) is 4.79 Å². The molecule has 0 spiro atoms. The molecule has 19 heavy (non-hydrogen) atoms. The summed E-state index contributed by atoms with van der Waals surface area (Å²) in [5.74, 6) is -0.514. The Morgan fingerprint density at radius 1 is 1.26 bits per heavy atom. The predicted molar refractivity (Wildman–Crippen MR) is 71.3 cm³/mol. The van der Waals surface area contributed by atoms with Crippen molar-refractivity contribution in [1.82, 2.24) is 4.98 Å². The van der Waals surface area contributed by atoms with E-state index < -0.39 is 5.97 Å². The number of hydrogen-bond donors (Lipinski definition) is 0. The van der Waals surface area contributed by atoms with Crippen molar-refractivity contribution in [3.8, 4) is 5.19 Å². The first-order chi connectivity index (χ1) is 9.19. The number of nitrogens with zero attached hydrogens (tertiary/aromatic N) is 1. The third-order valence-electron chi connectivity index (χ3n) is 2.03. The van der Waals surface area contributed by atoms with Crippen LogP contribution >= 0.6 is 22.9 Å². The van der Waals surface area contributed by atoms with Crippen LogP contribution in [0.2, 0.25) is 5.15 Å². The van der Waals surface area contributed by atoms with E-state index >= 15 is 0 Å². The Bertz CT molecular complexity index is 398. The van der Waals surface area contributed by atoms with Crippen LogP contribution in [0.15, 0.2) is 0 Å². The van der Waals surface area contributed by atoms with Gasteiger partial charge in [0, 0.05) is 20.1 Å². The lowest BCUT2D eigenvalue weighted by atomic mass is 10.5. The number of hydrogen-bond acceptors (Lipinski definition) is 7. The van der Waals surface area contributed by atoms with E-state index in [0.29, 0.717) is 38.0 Å². The van der Waals surface area contributed by atoms with Crippen molar-refractivity contribution in [2.24, 2.45) is 0 Å². The van der Waals surface area contributed by atoms with Crippen LogP contribution in [0.4, 0.5) is 0 Å². The summed E-state index contributed by atoms with van der Waals surface area (Å²) in [6.07, 6.45) is 0.717. The zero-order valence-electron chi connectivity index (χ0n) is 10.8. The Hall–Kier alpha value is -0.890. The standard InChI is InChI=1S/C11H16ClNO5S/c1-15-6-7-17-4-3-5-18-11-13-9(12)8(19-11)10(14)16-2/h3-7H2,1-2H3. The Balaban J connectivity index is 2.25. The van der Waals surface area contributed by atoms with E-state index in [1.165, 1.54) is 7.11 Å². The molecule has 6 nitrogen and oxygen atoms in total. The van der Waals surface area contributed by atoms with Crippen LogP contribution < -0.4 is 4.74 Å². The van der Waals surface area contributed by atoms with Crippen molar-refractivity contribution >= 4 is 28.9 Å². The number of halogens is 1. The largest absolute Gasteiger partial charge is 0.470 e. The molecule has 0 bridgehead atoms. The second-order valence-corrected chi connectivity index (χ2v) is 4.72. The predicted octanol–water partition coefficient (Wildman–Crippen LogP) is 2.02. The second-order valence-electron chi connectivity index (χ2n) is 3.40. The highest BCUT2D eigenvalue weighted by molar-refractivity contribution is 7.15. The second kappa shape index (κ2) is 9.08. The van der Waals surface area contributed by atoms with Gasteiger partial charge in [0.05, 0.1) is 26.9 Å². The normalized spacial score (nSPS) is 10.5. The third-order valence-corrected chi connectivity index (χ3v) is 3.36. The van der Waals surface area contributed by atoms with Gasteiger partial charge in [0.1, 0.15) is 0 Å². The fourth-order valence-electron chi connectivity index (χ4n) is 1.13. The Morgan fingerprint density at radius 2 is 2.05 bits per heavy atom. The van der Waals surface area contributed by atoms with Gasteiger partial charge in [-0.15, -0.1) is 0 Å². The van der Waals surface area contributed by atoms with Gasteiger partial charge in [0.25, 0.3) is 5.19 Å². The molecular weight excluding hydrogens is 294 g/mol. The summed E-state index contributed by atoms with van der Waals surface area (Å²) in [5.41, 5.74) is 0. The first-order valence-electron chi connectivity index (χ1n) is 5.63. The number of methoxy groups -OCH3 is 2. The summed E-state index contributed by atoms with van der Waals surface area (Å²) in [5, 5.41) is 0.450. The van der Waals surface area contributed by atoms with Crippen molar-refractivity contribution < 1.29 is 23.7 Å². The average Bonchev–Trinajstić information content (AvgIpc) is 2.78. The van der Waals surface area contributed by atoms with Gasteiger partial charge in [-0.1, -0.05) is 22.9 Å². The molecule has 0 unspecified atom stereocenters. The summed E-state index contributed by atoms with van der Waals surface area (Å²) < 4.78 is 20.1. The Kier molecular flexibility index (Phi) is 7.73. The summed E-state index contributed by atoms with van der Waals surface area (Å²) in [4.78, 5) is 15.5. The third kappa shape index (κ3) is 5.73. The number of ether oxygens (including phenoxy) is 4. The first kappa shape index (κ1) is 16.2. The van der Waals surface area contributed by atoms with E-state index in [1.54, 1.807) is 7.11 Å². The topological polar surface area (TPSA) is 66.9 Å². The van der Waals surface area contributed by atoms with Crippen LogP contribution in [-0.4, -0.2) is 51.6 Å². The van der Waals surface area contributed by atoms with E-state index in [-0.39, 0.29) is 10.0 Å². The number of esters is 1. The number of carbonyl (C=O) groups is 1. The van der Waals surface area contributed by atoms with Gasteiger partial charge in [-0.3, -0.25) is 0 Å². The Labute approximate surface area is 120 Å². The van der Waals surface area contributed by atoms with E-state index in [1.807, 2.05) is 0 Å². The lowest BCUT2D eigenvalue weighted by Crippen LogP contribution is -2.06. The van der Waals surface area contributed by atoms with Crippen LogP contribution in [0.3, 0.4) is 0 Å². The average molecular weight is 310 g/mol. The van der Waals surface area contributed by atoms with Crippen LogP contribution in [-0.2, 0) is 14.2 Å². The van der Waals surface area contributed by atoms with Crippen molar-refractivity contribution in [3.63, 3.8) is 0 Å². The van der Waals surface area contributed by atoms with E-state index in [2.05, 4.69) is 9.72 Å². The highest BCUT2D eigenvalue weighted by atomic mass is 35.5. The molecule has 1 heterocycles. The smallest absolute Gasteiger partial charge is 0.351 e. The van der Waals surface area contributed by atoms with Crippen molar-refractivity contribution in [1.29, 1.82) is 0 Å². The van der Waals surface area contributed by atoms with Crippen molar-refractivity contribution in [3.05, 3.63) is 10.0 Å².